The number of halogens is 3. The third-order valence-electron chi connectivity index (χ3n) is 1.77. The average molecular weight is 253 g/mol. The molecule has 0 aromatic heterocycles. The number of carbonyl (C=O) groups is 1. The summed E-state index contributed by atoms with van der Waals surface area (Å²) in [6, 6.07) is 1.65. The van der Waals surface area contributed by atoms with Gasteiger partial charge in [0.2, 0.25) is 5.91 Å². The van der Waals surface area contributed by atoms with Gasteiger partial charge in [-0.25, -0.2) is 0 Å². The number of carbonyl (C=O) groups excluding carboxylic acids is 1. The summed E-state index contributed by atoms with van der Waals surface area (Å²) < 4.78 is 36.4. The standard InChI is InChI=1S/C9H14F3N3O2/c10-9(11,12)7-15(4-1-5-16)6-8(17)14-3-2-13/h16H,1,3-7H2,(H,14,17). The lowest BCUT2D eigenvalue weighted by atomic mass is 10.3. The van der Waals surface area contributed by atoms with Gasteiger partial charge in [-0.15, -0.1) is 0 Å². The molecule has 0 aliphatic rings. The van der Waals surface area contributed by atoms with Crippen molar-refractivity contribution in [3.63, 3.8) is 0 Å². The van der Waals surface area contributed by atoms with E-state index in [1.807, 2.05) is 0 Å². The second-order valence-electron chi connectivity index (χ2n) is 3.34. The fraction of sp³-hybridized carbons (Fsp3) is 0.778. The van der Waals surface area contributed by atoms with Crippen LogP contribution in [0.2, 0.25) is 0 Å². The van der Waals surface area contributed by atoms with E-state index in [1.54, 1.807) is 6.07 Å². The Morgan fingerprint density at radius 3 is 2.59 bits per heavy atom. The van der Waals surface area contributed by atoms with Crippen LogP contribution >= 0.6 is 0 Å². The van der Waals surface area contributed by atoms with Gasteiger partial charge in [0, 0.05) is 13.2 Å². The molecular weight excluding hydrogens is 239 g/mol. The molecule has 0 aromatic carbocycles. The number of hydrogen-bond acceptors (Lipinski definition) is 4. The summed E-state index contributed by atoms with van der Waals surface area (Å²) in [6.07, 6.45) is -4.24. The number of amides is 1. The first-order valence-electron chi connectivity index (χ1n) is 4.92. The number of nitrogens with zero attached hydrogens (tertiary/aromatic N) is 2. The highest BCUT2D eigenvalue weighted by atomic mass is 19.4. The van der Waals surface area contributed by atoms with E-state index in [1.165, 1.54) is 0 Å². The van der Waals surface area contributed by atoms with Gasteiger partial charge in [0.15, 0.2) is 0 Å². The van der Waals surface area contributed by atoms with Crippen molar-refractivity contribution in [1.82, 2.24) is 10.2 Å². The number of aliphatic hydroxyl groups is 1. The van der Waals surface area contributed by atoms with Crippen molar-refractivity contribution < 1.29 is 23.1 Å². The quantitative estimate of drug-likeness (QED) is 0.620. The highest BCUT2D eigenvalue weighted by molar-refractivity contribution is 5.78. The molecule has 0 aliphatic carbocycles. The predicted octanol–water partition coefficient (Wildman–Crippen LogP) is -0.127. The average Bonchev–Trinajstić information content (AvgIpc) is 2.21. The van der Waals surface area contributed by atoms with Crippen molar-refractivity contribution in [3.8, 4) is 6.07 Å². The van der Waals surface area contributed by atoms with Gasteiger partial charge >= 0.3 is 6.18 Å². The van der Waals surface area contributed by atoms with Crippen LogP contribution in [0.25, 0.3) is 0 Å². The van der Waals surface area contributed by atoms with Crippen LogP contribution in [0.5, 0.6) is 0 Å². The summed E-state index contributed by atoms with van der Waals surface area (Å²) in [6.45, 7) is -2.17. The van der Waals surface area contributed by atoms with Crippen molar-refractivity contribution in [3.05, 3.63) is 0 Å². The maximum atomic E-state index is 12.1. The van der Waals surface area contributed by atoms with Crippen molar-refractivity contribution in [2.24, 2.45) is 0 Å². The van der Waals surface area contributed by atoms with Crippen LogP contribution in [-0.2, 0) is 4.79 Å². The molecule has 8 heteroatoms. The van der Waals surface area contributed by atoms with E-state index >= 15 is 0 Å². The van der Waals surface area contributed by atoms with E-state index in [0.29, 0.717) is 0 Å². The molecule has 0 unspecified atom stereocenters. The maximum Gasteiger partial charge on any atom is 0.401 e. The molecule has 2 N–H and O–H groups in total. The summed E-state index contributed by atoms with van der Waals surface area (Å²) in [7, 11) is 0. The van der Waals surface area contributed by atoms with E-state index < -0.39 is 25.2 Å². The van der Waals surface area contributed by atoms with Crippen LogP contribution in [0.4, 0.5) is 13.2 Å². The van der Waals surface area contributed by atoms with E-state index in [9.17, 15) is 18.0 Å². The van der Waals surface area contributed by atoms with Crippen LogP contribution < -0.4 is 5.32 Å². The zero-order chi connectivity index (χ0) is 13.3. The normalized spacial score (nSPS) is 11.3. The molecule has 1 amide bonds. The number of hydrogen-bond donors (Lipinski definition) is 2. The Labute approximate surface area is 96.8 Å². The molecule has 0 saturated carbocycles. The molecule has 0 heterocycles. The highest BCUT2D eigenvalue weighted by Crippen LogP contribution is 2.16. The van der Waals surface area contributed by atoms with Gasteiger partial charge < -0.3 is 10.4 Å². The van der Waals surface area contributed by atoms with Crippen molar-refractivity contribution >= 4 is 5.91 Å². The largest absolute Gasteiger partial charge is 0.401 e. The zero-order valence-electron chi connectivity index (χ0n) is 9.13. The van der Waals surface area contributed by atoms with E-state index in [4.69, 9.17) is 10.4 Å². The molecule has 0 atom stereocenters. The Morgan fingerprint density at radius 1 is 1.47 bits per heavy atom. The second-order valence-corrected chi connectivity index (χ2v) is 3.34. The van der Waals surface area contributed by atoms with Crippen LogP contribution in [0.3, 0.4) is 0 Å². The minimum atomic E-state index is -4.40. The molecule has 0 aliphatic heterocycles. The molecule has 0 fully saturated rings. The Kier molecular flexibility index (Phi) is 7.25. The Balaban J connectivity index is 4.18. The molecule has 0 spiro atoms. The number of alkyl halides is 3. The van der Waals surface area contributed by atoms with Gasteiger partial charge in [0.25, 0.3) is 0 Å². The molecule has 5 nitrogen and oxygen atoms in total. The lowest BCUT2D eigenvalue weighted by Gasteiger charge is -2.22. The van der Waals surface area contributed by atoms with Crippen LogP contribution in [-0.4, -0.2) is 54.9 Å². The van der Waals surface area contributed by atoms with Gasteiger partial charge in [-0.05, 0) is 6.42 Å². The fourth-order valence-corrected chi connectivity index (χ4v) is 1.16. The molecule has 0 bridgehead atoms. The van der Waals surface area contributed by atoms with Crippen LogP contribution in [0.15, 0.2) is 0 Å². The number of nitrogens with one attached hydrogen (secondary N) is 1. The molecule has 0 aromatic rings. The van der Waals surface area contributed by atoms with Crippen LogP contribution in [0, 0.1) is 11.3 Å². The van der Waals surface area contributed by atoms with Crippen molar-refractivity contribution in [1.29, 1.82) is 5.26 Å². The molecule has 0 saturated heterocycles. The monoisotopic (exact) mass is 253 g/mol. The third kappa shape index (κ3) is 9.59. The first-order valence-corrected chi connectivity index (χ1v) is 4.92. The van der Waals surface area contributed by atoms with Gasteiger partial charge in [-0.2, -0.15) is 18.4 Å². The molecule has 17 heavy (non-hydrogen) atoms. The highest BCUT2D eigenvalue weighted by Gasteiger charge is 2.31. The number of rotatable bonds is 7. The minimum absolute atomic E-state index is 0.0318. The third-order valence-corrected chi connectivity index (χ3v) is 1.77. The second kappa shape index (κ2) is 7.86. The molecule has 0 radical (unpaired) electrons. The van der Waals surface area contributed by atoms with Crippen LogP contribution in [0.1, 0.15) is 6.42 Å². The topological polar surface area (TPSA) is 76.4 Å². The van der Waals surface area contributed by atoms with E-state index in [2.05, 4.69) is 5.32 Å². The number of nitriles is 1. The van der Waals surface area contributed by atoms with Crippen molar-refractivity contribution in [2.75, 3.05) is 32.8 Å². The minimum Gasteiger partial charge on any atom is -0.396 e. The van der Waals surface area contributed by atoms with Gasteiger partial charge in [0.1, 0.15) is 6.54 Å². The summed E-state index contributed by atoms with van der Waals surface area (Å²) in [4.78, 5) is 12.0. The zero-order valence-corrected chi connectivity index (χ0v) is 9.13. The van der Waals surface area contributed by atoms with Gasteiger partial charge in [0.05, 0.1) is 19.2 Å². The Bertz CT molecular complexity index is 276. The Hall–Kier alpha value is -1.33. The summed E-state index contributed by atoms with van der Waals surface area (Å²) >= 11 is 0. The molecule has 98 valence electrons. The first kappa shape index (κ1) is 15.7. The summed E-state index contributed by atoms with van der Waals surface area (Å²) in [5, 5.41) is 18.9. The smallest absolute Gasteiger partial charge is 0.396 e. The Morgan fingerprint density at radius 2 is 2.12 bits per heavy atom. The maximum absolute atomic E-state index is 12.1. The SMILES string of the molecule is N#CCNC(=O)CN(CCCO)CC(F)(F)F. The van der Waals surface area contributed by atoms with E-state index in [-0.39, 0.29) is 26.1 Å². The van der Waals surface area contributed by atoms with Crippen molar-refractivity contribution in [2.45, 2.75) is 12.6 Å². The van der Waals surface area contributed by atoms with Gasteiger partial charge in [-0.3, -0.25) is 9.69 Å². The van der Waals surface area contributed by atoms with E-state index in [0.717, 1.165) is 4.90 Å². The number of aliphatic hydroxyl groups excluding tert-OH is 1. The lowest BCUT2D eigenvalue weighted by Crippen LogP contribution is -2.42. The fourth-order valence-electron chi connectivity index (χ4n) is 1.16. The lowest BCUT2D eigenvalue weighted by molar-refractivity contribution is -0.149. The summed E-state index contributed by atoms with van der Waals surface area (Å²) in [5.41, 5.74) is 0. The van der Waals surface area contributed by atoms with Gasteiger partial charge in [-0.1, -0.05) is 0 Å². The summed E-state index contributed by atoms with van der Waals surface area (Å²) in [5.74, 6) is -0.645. The first-order chi connectivity index (χ1) is 7.89. The molecule has 0 rings (SSSR count). The molecular formula is C9H14F3N3O2. The predicted molar refractivity (Wildman–Crippen MR) is 52.8 cm³/mol.